The third kappa shape index (κ3) is 4.82. The largest absolute Gasteiger partial charge is 0.360 e. The Morgan fingerprint density at radius 1 is 0.647 bits per heavy atom. The molecular weight excluding hydrogens is 228 g/mol. The summed E-state index contributed by atoms with van der Waals surface area (Å²) in [6.45, 7) is 0. The molecule has 0 unspecified atom stereocenters. The van der Waals surface area contributed by atoms with Crippen LogP contribution in [0.15, 0.2) is 0 Å². The quantitative estimate of drug-likeness (QED) is 0.582. The van der Waals surface area contributed by atoms with Crippen LogP contribution in [0.4, 0.5) is 0 Å². The van der Waals surface area contributed by atoms with E-state index in [2.05, 4.69) is 10.6 Å². The van der Waals surface area contributed by atoms with E-state index in [1.165, 1.54) is 70.6 Å². The molecule has 0 aliphatic heterocycles. The van der Waals surface area contributed by atoms with Gasteiger partial charge >= 0.3 is 0 Å². The highest BCUT2D eigenvalue weighted by Crippen LogP contribution is 2.18. The van der Waals surface area contributed by atoms with E-state index in [-0.39, 0.29) is 0 Å². The molecule has 0 saturated heterocycles. The minimum absolute atomic E-state index is 0.626. The first-order valence-corrected chi connectivity index (χ1v) is 7.82. The second-order valence-corrected chi connectivity index (χ2v) is 6.05. The van der Waals surface area contributed by atoms with Crippen LogP contribution in [0, 0.1) is 0 Å². The maximum atomic E-state index is 5.44. The van der Waals surface area contributed by atoms with Crippen LogP contribution in [0.5, 0.6) is 0 Å². The lowest BCUT2D eigenvalue weighted by atomic mass is 9.96. The highest BCUT2D eigenvalue weighted by Gasteiger charge is 2.16. The number of rotatable bonds is 2. The zero-order chi connectivity index (χ0) is 11.9. The summed E-state index contributed by atoms with van der Waals surface area (Å²) < 4.78 is 0. The summed E-state index contributed by atoms with van der Waals surface area (Å²) in [6.07, 6.45) is 14.9. The fourth-order valence-electron chi connectivity index (χ4n) is 3.08. The summed E-state index contributed by atoms with van der Waals surface area (Å²) in [5.74, 6) is 0. The molecule has 2 rings (SSSR count). The summed E-state index contributed by atoms with van der Waals surface area (Å²) >= 11 is 5.44. The molecule has 0 aromatic heterocycles. The van der Waals surface area contributed by atoms with Crippen LogP contribution in [-0.4, -0.2) is 17.2 Å². The highest BCUT2D eigenvalue weighted by atomic mass is 32.1. The van der Waals surface area contributed by atoms with E-state index in [4.69, 9.17) is 12.2 Å². The molecular formula is C14H26N2S. The van der Waals surface area contributed by atoms with Crippen molar-refractivity contribution < 1.29 is 0 Å². The topological polar surface area (TPSA) is 24.1 Å². The standard InChI is InChI=1S/C14H26N2S/c17-14(16-13-10-6-3-7-11-13)15-12-8-4-1-2-5-9-12/h12-13H,1-11H2,(H2,15,16,17). The lowest BCUT2D eigenvalue weighted by Crippen LogP contribution is -2.46. The normalized spacial score (nSPS) is 24.0. The van der Waals surface area contributed by atoms with Gasteiger partial charge in [0.1, 0.15) is 0 Å². The van der Waals surface area contributed by atoms with Crippen molar-refractivity contribution >= 4 is 17.3 Å². The number of hydrogen-bond acceptors (Lipinski definition) is 1. The van der Waals surface area contributed by atoms with Gasteiger partial charge < -0.3 is 10.6 Å². The Labute approximate surface area is 111 Å². The van der Waals surface area contributed by atoms with E-state index in [1.54, 1.807) is 0 Å². The predicted octanol–water partition coefficient (Wildman–Crippen LogP) is 3.51. The lowest BCUT2D eigenvalue weighted by Gasteiger charge is -2.26. The molecule has 0 amide bonds. The maximum absolute atomic E-state index is 5.44. The first kappa shape index (κ1) is 13.1. The van der Waals surface area contributed by atoms with Gasteiger partial charge in [-0.15, -0.1) is 0 Å². The van der Waals surface area contributed by atoms with Crippen molar-refractivity contribution in [3.05, 3.63) is 0 Å². The molecule has 0 heterocycles. The minimum Gasteiger partial charge on any atom is -0.360 e. The monoisotopic (exact) mass is 254 g/mol. The van der Waals surface area contributed by atoms with Gasteiger partial charge in [0.05, 0.1) is 0 Å². The molecule has 0 aromatic rings. The first-order valence-electron chi connectivity index (χ1n) is 7.41. The fourth-order valence-corrected chi connectivity index (χ4v) is 3.42. The van der Waals surface area contributed by atoms with Crippen molar-refractivity contribution in [1.29, 1.82) is 0 Å². The van der Waals surface area contributed by atoms with E-state index < -0.39 is 0 Å². The summed E-state index contributed by atoms with van der Waals surface area (Å²) in [4.78, 5) is 0. The average Bonchev–Trinajstić information content (AvgIpc) is 2.59. The van der Waals surface area contributed by atoms with Crippen molar-refractivity contribution in [2.24, 2.45) is 0 Å². The number of hydrogen-bond donors (Lipinski definition) is 2. The zero-order valence-electron chi connectivity index (χ0n) is 10.8. The first-order chi connectivity index (χ1) is 8.34. The summed E-state index contributed by atoms with van der Waals surface area (Å²) in [7, 11) is 0. The van der Waals surface area contributed by atoms with Gasteiger partial charge in [0.25, 0.3) is 0 Å². The third-order valence-electron chi connectivity index (χ3n) is 4.13. The van der Waals surface area contributed by atoms with Crippen molar-refractivity contribution in [1.82, 2.24) is 10.6 Å². The van der Waals surface area contributed by atoms with Gasteiger partial charge in [0, 0.05) is 12.1 Å². The van der Waals surface area contributed by atoms with Gasteiger partial charge in [0.2, 0.25) is 0 Å². The smallest absolute Gasteiger partial charge is 0.166 e. The molecule has 0 spiro atoms. The van der Waals surface area contributed by atoms with E-state index in [0.29, 0.717) is 12.1 Å². The Balaban J connectivity index is 1.68. The zero-order valence-corrected chi connectivity index (χ0v) is 11.7. The Kier molecular flexibility index (Phi) is 5.56. The van der Waals surface area contributed by atoms with E-state index in [0.717, 1.165) is 5.11 Å². The molecule has 2 N–H and O–H groups in total. The van der Waals surface area contributed by atoms with Crippen LogP contribution in [0.2, 0.25) is 0 Å². The highest BCUT2D eigenvalue weighted by molar-refractivity contribution is 7.80. The number of nitrogens with one attached hydrogen (secondary N) is 2. The summed E-state index contributed by atoms with van der Waals surface area (Å²) in [6, 6.07) is 1.26. The van der Waals surface area contributed by atoms with Crippen LogP contribution in [-0.2, 0) is 0 Å². The Morgan fingerprint density at radius 3 is 1.41 bits per heavy atom. The molecule has 2 aliphatic rings. The van der Waals surface area contributed by atoms with Crippen LogP contribution < -0.4 is 10.6 Å². The molecule has 3 heteroatoms. The van der Waals surface area contributed by atoms with Gasteiger partial charge in [0.15, 0.2) is 5.11 Å². The SMILES string of the molecule is S=C(NC1CCCCCC1)NC1CCCCC1. The molecule has 17 heavy (non-hydrogen) atoms. The molecule has 0 bridgehead atoms. The van der Waals surface area contributed by atoms with Crippen LogP contribution in [0.1, 0.15) is 70.6 Å². The van der Waals surface area contributed by atoms with Crippen molar-refractivity contribution in [3.8, 4) is 0 Å². The number of thiocarbonyl (C=S) groups is 1. The van der Waals surface area contributed by atoms with Crippen molar-refractivity contribution in [2.45, 2.75) is 82.7 Å². The Bertz CT molecular complexity index is 228. The van der Waals surface area contributed by atoms with Crippen LogP contribution in [0.25, 0.3) is 0 Å². The van der Waals surface area contributed by atoms with E-state index in [9.17, 15) is 0 Å². The van der Waals surface area contributed by atoms with E-state index in [1.807, 2.05) is 0 Å². The van der Waals surface area contributed by atoms with Crippen molar-refractivity contribution in [3.63, 3.8) is 0 Å². The molecule has 2 fully saturated rings. The van der Waals surface area contributed by atoms with Gasteiger partial charge in [-0.1, -0.05) is 44.9 Å². The molecule has 2 saturated carbocycles. The molecule has 2 nitrogen and oxygen atoms in total. The van der Waals surface area contributed by atoms with Gasteiger partial charge in [-0.25, -0.2) is 0 Å². The molecule has 0 atom stereocenters. The predicted molar refractivity (Wildman–Crippen MR) is 77.2 cm³/mol. The van der Waals surface area contributed by atoms with Crippen LogP contribution >= 0.6 is 12.2 Å². The lowest BCUT2D eigenvalue weighted by molar-refractivity contribution is 0.408. The minimum atomic E-state index is 0.626. The van der Waals surface area contributed by atoms with Gasteiger partial charge in [-0.05, 0) is 37.9 Å². The summed E-state index contributed by atoms with van der Waals surface area (Å²) in [5.41, 5.74) is 0. The molecule has 0 radical (unpaired) electrons. The fraction of sp³-hybridized carbons (Fsp3) is 0.929. The molecule has 2 aliphatic carbocycles. The van der Waals surface area contributed by atoms with Gasteiger partial charge in [-0.3, -0.25) is 0 Å². The van der Waals surface area contributed by atoms with E-state index >= 15 is 0 Å². The average molecular weight is 254 g/mol. The maximum Gasteiger partial charge on any atom is 0.166 e. The Hall–Kier alpha value is -0.310. The second-order valence-electron chi connectivity index (χ2n) is 5.64. The second kappa shape index (κ2) is 7.20. The van der Waals surface area contributed by atoms with Crippen molar-refractivity contribution in [2.75, 3.05) is 0 Å². The molecule has 0 aromatic carbocycles. The van der Waals surface area contributed by atoms with Gasteiger partial charge in [-0.2, -0.15) is 0 Å². The molecule has 98 valence electrons. The Morgan fingerprint density at radius 2 is 1.00 bits per heavy atom. The summed E-state index contributed by atoms with van der Waals surface area (Å²) in [5, 5.41) is 7.94. The van der Waals surface area contributed by atoms with Crippen LogP contribution in [0.3, 0.4) is 0 Å². The third-order valence-corrected chi connectivity index (χ3v) is 4.37.